The molecule has 120 valence electrons. The van der Waals surface area contributed by atoms with Crippen LogP contribution in [-0.2, 0) is 0 Å². The molecule has 0 fully saturated rings. The number of halogens is 3. The van der Waals surface area contributed by atoms with Crippen molar-refractivity contribution in [3.63, 3.8) is 0 Å². The van der Waals surface area contributed by atoms with Crippen LogP contribution in [0, 0.1) is 11.6 Å². The third-order valence-corrected chi connectivity index (χ3v) is 3.93. The van der Waals surface area contributed by atoms with Crippen molar-refractivity contribution in [1.29, 1.82) is 0 Å². The van der Waals surface area contributed by atoms with E-state index in [9.17, 15) is 18.7 Å². The van der Waals surface area contributed by atoms with Crippen LogP contribution in [0.15, 0.2) is 46.9 Å². The van der Waals surface area contributed by atoms with Crippen LogP contribution in [0.1, 0.15) is 21.6 Å². The molecular weight excluding hydrogens is 380 g/mol. The first-order chi connectivity index (χ1) is 11.5. The van der Waals surface area contributed by atoms with Crippen LogP contribution in [0.25, 0.3) is 23.1 Å². The highest BCUT2D eigenvalue weighted by Gasteiger charge is 2.12. The van der Waals surface area contributed by atoms with Crippen LogP contribution in [0.5, 0.6) is 0 Å². The summed E-state index contributed by atoms with van der Waals surface area (Å²) in [6.45, 7) is 0. The Morgan fingerprint density at radius 3 is 2.46 bits per heavy atom. The van der Waals surface area contributed by atoms with E-state index in [4.69, 9.17) is 0 Å². The Morgan fingerprint density at radius 1 is 1.08 bits per heavy atom. The Hall–Kier alpha value is -2.60. The van der Waals surface area contributed by atoms with Crippen LogP contribution in [0.2, 0.25) is 0 Å². The van der Waals surface area contributed by atoms with Crippen molar-refractivity contribution in [2.45, 2.75) is 0 Å². The van der Waals surface area contributed by atoms with E-state index in [1.54, 1.807) is 18.2 Å². The number of rotatable bonds is 3. The molecule has 1 aromatic heterocycles. The first kappa shape index (κ1) is 16.3. The second-order valence-electron chi connectivity index (χ2n) is 5.03. The van der Waals surface area contributed by atoms with E-state index in [2.05, 4.69) is 20.9 Å². The molecule has 0 spiro atoms. The van der Waals surface area contributed by atoms with E-state index in [0.29, 0.717) is 16.6 Å². The monoisotopic (exact) mass is 389 g/mol. The Balaban J connectivity index is 2.12. The second kappa shape index (κ2) is 6.49. The van der Waals surface area contributed by atoms with Gasteiger partial charge in [-0.1, -0.05) is 22.0 Å². The molecule has 0 aliphatic heterocycles. The summed E-state index contributed by atoms with van der Waals surface area (Å²) in [5, 5.41) is 9.86. The molecule has 24 heavy (non-hydrogen) atoms. The summed E-state index contributed by atoms with van der Waals surface area (Å²) >= 11 is 3.29. The van der Waals surface area contributed by atoms with Crippen LogP contribution >= 0.6 is 15.9 Å². The molecular formula is C18H10BrF2NO2. The minimum absolute atomic E-state index is 0.0648. The standard InChI is InChI=1S/C18H10BrF2NO2/c19-10-4-7-17-13(8-10)14(18(23)24)9-11(22-17)5-6-12-15(20)2-1-3-16(12)21/h1-9H,(H,23,24)/b6-5+. The van der Waals surface area contributed by atoms with Crippen LogP contribution < -0.4 is 0 Å². The van der Waals surface area contributed by atoms with Gasteiger partial charge in [-0.05, 0) is 48.6 Å². The number of benzene rings is 2. The predicted molar refractivity (Wildman–Crippen MR) is 91.7 cm³/mol. The molecule has 0 amide bonds. The third-order valence-electron chi connectivity index (χ3n) is 3.44. The Kier molecular flexibility index (Phi) is 4.40. The number of nitrogens with zero attached hydrogens (tertiary/aromatic N) is 1. The van der Waals surface area contributed by atoms with Gasteiger partial charge in [0.25, 0.3) is 0 Å². The van der Waals surface area contributed by atoms with Gasteiger partial charge in [-0.25, -0.2) is 18.6 Å². The predicted octanol–water partition coefficient (Wildman–Crippen LogP) is 5.14. The first-order valence-corrected chi connectivity index (χ1v) is 7.70. The zero-order valence-electron chi connectivity index (χ0n) is 12.1. The van der Waals surface area contributed by atoms with Crippen molar-refractivity contribution in [2.24, 2.45) is 0 Å². The van der Waals surface area contributed by atoms with Gasteiger partial charge in [-0.3, -0.25) is 0 Å². The summed E-state index contributed by atoms with van der Waals surface area (Å²) in [7, 11) is 0. The summed E-state index contributed by atoms with van der Waals surface area (Å²) in [6, 6.07) is 10.0. The summed E-state index contributed by atoms with van der Waals surface area (Å²) in [5.74, 6) is -2.50. The Bertz CT molecular complexity index is 966. The van der Waals surface area contributed by atoms with Crippen molar-refractivity contribution < 1.29 is 18.7 Å². The molecule has 0 saturated carbocycles. The number of aromatic nitrogens is 1. The SMILES string of the molecule is O=C(O)c1cc(/C=C/c2c(F)cccc2F)nc2ccc(Br)cc12. The van der Waals surface area contributed by atoms with Crippen molar-refractivity contribution >= 4 is 45.0 Å². The number of carboxylic acid groups (broad SMARTS) is 1. The Labute approximate surface area is 144 Å². The van der Waals surface area contributed by atoms with Gasteiger partial charge in [0.2, 0.25) is 0 Å². The maximum absolute atomic E-state index is 13.6. The molecule has 0 unspecified atom stereocenters. The van der Waals surface area contributed by atoms with Gasteiger partial charge < -0.3 is 5.11 Å². The molecule has 0 saturated heterocycles. The van der Waals surface area contributed by atoms with Crippen LogP contribution in [-0.4, -0.2) is 16.1 Å². The normalized spacial score (nSPS) is 11.3. The molecule has 3 nitrogen and oxygen atoms in total. The average molecular weight is 390 g/mol. The number of fused-ring (bicyclic) bond motifs is 1. The average Bonchev–Trinajstić information content (AvgIpc) is 2.53. The number of carboxylic acids is 1. The smallest absolute Gasteiger partial charge is 0.336 e. The molecule has 1 N–H and O–H groups in total. The molecule has 3 rings (SSSR count). The molecule has 0 atom stereocenters. The first-order valence-electron chi connectivity index (χ1n) is 6.91. The van der Waals surface area contributed by atoms with E-state index in [0.717, 1.165) is 16.6 Å². The maximum Gasteiger partial charge on any atom is 0.336 e. The van der Waals surface area contributed by atoms with Gasteiger partial charge in [0, 0.05) is 15.4 Å². The van der Waals surface area contributed by atoms with E-state index in [1.807, 2.05) is 0 Å². The molecule has 0 aliphatic rings. The van der Waals surface area contributed by atoms with Crippen LogP contribution in [0.4, 0.5) is 8.78 Å². The zero-order chi connectivity index (χ0) is 17.3. The van der Waals surface area contributed by atoms with Gasteiger partial charge in [0.05, 0.1) is 16.8 Å². The van der Waals surface area contributed by atoms with E-state index < -0.39 is 17.6 Å². The fourth-order valence-corrected chi connectivity index (χ4v) is 2.68. The lowest BCUT2D eigenvalue weighted by Gasteiger charge is -2.05. The molecule has 2 aromatic carbocycles. The van der Waals surface area contributed by atoms with Crippen LogP contribution in [0.3, 0.4) is 0 Å². The minimum Gasteiger partial charge on any atom is -0.478 e. The summed E-state index contributed by atoms with van der Waals surface area (Å²) < 4.78 is 28.0. The highest BCUT2D eigenvalue weighted by atomic mass is 79.9. The molecule has 0 bridgehead atoms. The highest BCUT2D eigenvalue weighted by molar-refractivity contribution is 9.10. The van der Waals surface area contributed by atoms with Crippen molar-refractivity contribution in [2.75, 3.05) is 0 Å². The van der Waals surface area contributed by atoms with Gasteiger partial charge in [-0.2, -0.15) is 0 Å². The number of carbonyl (C=O) groups is 1. The third kappa shape index (κ3) is 3.19. The van der Waals surface area contributed by atoms with Gasteiger partial charge in [-0.15, -0.1) is 0 Å². The summed E-state index contributed by atoms with van der Waals surface area (Å²) in [5.41, 5.74) is 0.638. The lowest BCUT2D eigenvalue weighted by molar-refractivity contribution is 0.0699. The van der Waals surface area contributed by atoms with Crippen molar-refractivity contribution in [1.82, 2.24) is 4.98 Å². The number of hydrogen-bond acceptors (Lipinski definition) is 2. The number of pyridine rings is 1. The van der Waals surface area contributed by atoms with E-state index >= 15 is 0 Å². The molecule has 0 aliphatic carbocycles. The Morgan fingerprint density at radius 2 is 1.79 bits per heavy atom. The molecule has 6 heteroatoms. The van der Waals surface area contributed by atoms with E-state index in [-0.39, 0.29) is 11.1 Å². The molecule has 1 heterocycles. The summed E-state index contributed by atoms with van der Waals surface area (Å²) in [4.78, 5) is 15.8. The van der Waals surface area contributed by atoms with Crippen molar-refractivity contribution in [3.8, 4) is 0 Å². The quantitative estimate of drug-likeness (QED) is 0.674. The lowest BCUT2D eigenvalue weighted by atomic mass is 10.1. The zero-order valence-corrected chi connectivity index (χ0v) is 13.7. The fourth-order valence-electron chi connectivity index (χ4n) is 2.32. The topological polar surface area (TPSA) is 50.2 Å². The van der Waals surface area contributed by atoms with Gasteiger partial charge in [0.15, 0.2) is 0 Å². The maximum atomic E-state index is 13.6. The fraction of sp³-hybridized carbons (Fsp3) is 0. The number of hydrogen-bond donors (Lipinski definition) is 1. The lowest BCUT2D eigenvalue weighted by Crippen LogP contribution is -2.00. The number of aromatic carboxylic acids is 1. The highest BCUT2D eigenvalue weighted by Crippen LogP contribution is 2.24. The largest absolute Gasteiger partial charge is 0.478 e. The van der Waals surface area contributed by atoms with Crippen molar-refractivity contribution in [3.05, 3.63) is 75.4 Å². The second-order valence-corrected chi connectivity index (χ2v) is 5.95. The molecule has 3 aromatic rings. The minimum atomic E-state index is -1.10. The molecule has 0 radical (unpaired) electrons. The van der Waals surface area contributed by atoms with Gasteiger partial charge >= 0.3 is 5.97 Å². The summed E-state index contributed by atoms with van der Waals surface area (Å²) in [6.07, 6.45) is 2.62. The van der Waals surface area contributed by atoms with E-state index in [1.165, 1.54) is 24.3 Å². The van der Waals surface area contributed by atoms with Gasteiger partial charge in [0.1, 0.15) is 11.6 Å².